The van der Waals surface area contributed by atoms with Gasteiger partial charge in [-0.2, -0.15) is 0 Å². The van der Waals surface area contributed by atoms with Crippen LogP contribution in [0.4, 0.5) is 0 Å². The lowest BCUT2D eigenvalue weighted by molar-refractivity contribution is 0.336. The Hall–Kier alpha value is -0.930. The number of hydrogen-bond acceptors (Lipinski definition) is 3. The van der Waals surface area contributed by atoms with Gasteiger partial charge in [0.15, 0.2) is 0 Å². The average Bonchev–Trinajstić information content (AvgIpc) is 2.12. The molecule has 0 saturated carbocycles. The van der Waals surface area contributed by atoms with Crippen molar-refractivity contribution in [2.75, 3.05) is 13.1 Å². The molecule has 0 amide bonds. The number of hydrogen-bond donors (Lipinski definition) is 2. The molecule has 70 valence electrons. The summed E-state index contributed by atoms with van der Waals surface area (Å²) in [5.74, 6) is 0. The van der Waals surface area contributed by atoms with E-state index in [0.717, 1.165) is 18.8 Å². The molecule has 0 bridgehead atoms. The van der Waals surface area contributed by atoms with Gasteiger partial charge in [0, 0.05) is 31.4 Å². The number of nitrogens with zero attached hydrogens (tertiary/aromatic N) is 1. The zero-order valence-corrected chi connectivity index (χ0v) is 7.83. The van der Waals surface area contributed by atoms with Gasteiger partial charge in [-0.3, -0.25) is 4.98 Å². The van der Waals surface area contributed by atoms with Crippen LogP contribution in [0.3, 0.4) is 0 Å². The van der Waals surface area contributed by atoms with E-state index in [1.165, 1.54) is 0 Å². The number of rotatable bonds is 3. The second-order valence-corrected chi connectivity index (χ2v) is 3.50. The van der Waals surface area contributed by atoms with Crippen molar-refractivity contribution in [2.45, 2.75) is 19.0 Å². The molecule has 3 nitrogen and oxygen atoms in total. The smallest absolute Gasteiger partial charge is 0.0570 e. The lowest BCUT2D eigenvalue weighted by Gasteiger charge is -2.30. The largest absolute Gasteiger partial charge is 0.314 e. The van der Waals surface area contributed by atoms with Gasteiger partial charge in [0.2, 0.25) is 0 Å². The molecule has 0 aromatic carbocycles. The molecule has 0 radical (unpaired) electrons. The van der Waals surface area contributed by atoms with E-state index in [-0.39, 0.29) is 0 Å². The second-order valence-electron chi connectivity index (χ2n) is 3.50. The summed E-state index contributed by atoms with van der Waals surface area (Å²) in [4.78, 5) is 4.31. The van der Waals surface area contributed by atoms with Crippen LogP contribution in [-0.4, -0.2) is 24.1 Å². The van der Waals surface area contributed by atoms with E-state index in [0.29, 0.717) is 12.1 Å². The topological polar surface area (TPSA) is 37.0 Å². The van der Waals surface area contributed by atoms with Crippen LogP contribution in [0.15, 0.2) is 24.4 Å². The van der Waals surface area contributed by atoms with Crippen LogP contribution in [0.5, 0.6) is 0 Å². The summed E-state index contributed by atoms with van der Waals surface area (Å²) < 4.78 is 0. The van der Waals surface area contributed by atoms with E-state index < -0.39 is 0 Å². The van der Waals surface area contributed by atoms with Crippen molar-refractivity contribution < 1.29 is 0 Å². The zero-order valence-electron chi connectivity index (χ0n) is 7.83. The van der Waals surface area contributed by atoms with Crippen LogP contribution >= 0.6 is 0 Å². The summed E-state index contributed by atoms with van der Waals surface area (Å²) in [5.41, 5.74) is 1.12. The van der Waals surface area contributed by atoms with Crippen LogP contribution in [0.2, 0.25) is 0 Å². The molecule has 3 heteroatoms. The minimum atomic E-state index is 0.355. The molecule has 1 aromatic rings. The molecule has 0 spiro atoms. The molecule has 1 saturated heterocycles. The Morgan fingerprint density at radius 3 is 2.92 bits per heavy atom. The van der Waals surface area contributed by atoms with Gasteiger partial charge in [0.25, 0.3) is 0 Å². The standard InChI is InChI=1S/C10H15N3/c1-8(13-9-6-11-7-9)10-4-2-3-5-12-10/h2-5,8-9,11,13H,6-7H2,1H3/t8-/m1/s1. The monoisotopic (exact) mass is 177 g/mol. The van der Waals surface area contributed by atoms with Crippen molar-refractivity contribution in [1.82, 2.24) is 15.6 Å². The minimum absolute atomic E-state index is 0.355. The minimum Gasteiger partial charge on any atom is -0.314 e. The molecule has 1 aliphatic heterocycles. The lowest BCUT2D eigenvalue weighted by Crippen LogP contribution is -2.55. The van der Waals surface area contributed by atoms with Crippen LogP contribution in [0.1, 0.15) is 18.7 Å². The predicted octanol–water partition coefficient (Wildman–Crippen LogP) is 0.704. The van der Waals surface area contributed by atoms with Gasteiger partial charge in [0.05, 0.1) is 5.69 Å². The average molecular weight is 177 g/mol. The SMILES string of the molecule is C[C@@H](NC1CNC1)c1ccccn1. The van der Waals surface area contributed by atoms with E-state index in [1.54, 1.807) is 0 Å². The van der Waals surface area contributed by atoms with Crippen molar-refractivity contribution in [3.63, 3.8) is 0 Å². The maximum atomic E-state index is 4.31. The Balaban J connectivity index is 1.92. The Bertz CT molecular complexity index is 256. The first-order chi connectivity index (χ1) is 6.36. The quantitative estimate of drug-likeness (QED) is 0.713. The normalized spacial score (nSPS) is 19.5. The maximum Gasteiger partial charge on any atom is 0.0570 e. The first-order valence-corrected chi connectivity index (χ1v) is 4.74. The van der Waals surface area contributed by atoms with Gasteiger partial charge in [0.1, 0.15) is 0 Å². The van der Waals surface area contributed by atoms with Gasteiger partial charge in [-0.05, 0) is 19.1 Å². The summed E-state index contributed by atoms with van der Waals surface area (Å²) in [7, 11) is 0. The number of pyridine rings is 1. The fourth-order valence-electron chi connectivity index (χ4n) is 1.48. The lowest BCUT2D eigenvalue weighted by atomic mass is 10.1. The summed E-state index contributed by atoms with van der Waals surface area (Å²) >= 11 is 0. The van der Waals surface area contributed by atoms with Crippen LogP contribution in [0, 0.1) is 0 Å². The summed E-state index contributed by atoms with van der Waals surface area (Å²) in [6.45, 7) is 4.31. The maximum absolute atomic E-state index is 4.31. The molecular weight excluding hydrogens is 162 g/mol. The molecule has 1 fully saturated rings. The summed E-state index contributed by atoms with van der Waals surface area (Å²) in [6.07, 6.45) is 1.84. The Kier molecular flexibility index (Phi) is 2.57. The zero-order chi connectivity index (χ0) is 9.10. The molecule has 2 N–H and O–H groups in total. The van der Waals surface area contributed by atoms with E-state index in [1.807, 2.05) is 18.3 Å². The molecule has 0 unspecified atom stereocenters. The first kappa shape index (κ1) is 8.66. The highest BCUT2D eigenvalue weighted by atomic mass is 15.1. The molecule has 2 rings (SSSR count). The Morgan fingerprint density at radius 1 is 1.54 bits per heavy atom. The van der Waals surface area contributed by atoms with Crippen molar-refractivity contribution in [2.24, 2.45) is 0 Å². The Labute approximate surface area is 78.6 Å². The highest BCUT2D eigenvalue weighted by molar-refractivity contribution is 5.08. The van der Waals surface area contributed by atoms with Crippen molar-refractivity contribution in [1.29, 1.82) is 0 Å². The van der Waals surface area contributed by atoms with Crippen molar-refractivity contribution in [3.8, 4) is 0 Å². The second kappa shape index (κ2) is 3.85. The van der Waals surface area contributed by atoms with Gasteiger partial charge in [-0.15, -0.1) is 0 Å². The molecular formula is C10H15N3. The predicted molar refractivity (Wildman–Crippen MR) is 52.4 cm³/mol. The molecule has 0 aliphatic carbocycles. The molecule has 2 heterocycles. The third-order valence-electron chi connectivity index (χ3n) is 2.40. The molecule has 13 heavy (non-hydrogen) atoms. The molecule has 1 aliphatic rings. The van der Waals surface area contributed by atoms with Crippen LogP contribution < -0.4 is 10.6 Å². The van der Waals surface area contributed by atoms with Gasteiger partial charge in [-0.25, -0.2) is 0 Å². The van der Waals surface area contributed by atoms with Gasteiger partial charge < -0.3 is 10.6 Å². The van der Waals surface area contributed by atoms with E-state index in [9.17, 15) is 0 Å². The fourth-order valence-corrected chi connectivity index (χ4v) is 1.48. The van der Waals surface area contributed by atoms with Crippen LogP contribution in [-0.2, 0) is 0 Å². The van der Waals surface area contributed by atoms with Crippen molar-refractivity contribution >= 4 is 0 Å². The number of nitrogens with one attached hydrogen (secondary N) is 2. The first-order valence-electron chi connectivity index (χ1n) is 4.74. The van der Waals surface area contributed by atoms with Gasteiger partial charge >= 0.3 is 0 Å². The third-order valence-corrected chi connectivity index (χ3v) is 2.40. The fraction of sp³-hybridized carbons (Fsp3) is 0.500. The van der Waals surface area contributed by atoms with E-state index in [2.05, 4.69) is 28.6 Å². The summed E-state index contributed by atoms with van der Waals surface area (Å²) in [6, 6.07) is 7.01. The molecule has 1 aromatic heterocycles. The van der Waals surface area contributed by atoms with Crippen molar-refractivity contribution in [3.05, 3.63) is 30.1 Å². The van der Waals surface area contributed by atoms with Crippen LogP contribution in [0.25, 0.3) is 0 Å². The highest BCUT2D eigenvalue weighted by Crippen LogP contribution is 2.09. The number of aromatic nitrogens is 1. The van der Waals surface area contributed by atoms with E-state index >= 15 is 0 Å². The Morgan fingerprint density at radius 2 is 2.38 bits per heavy atom. The summed E-state index contributed by atoms with van der Waals surface area (Å²) in [5, 5.41) is 6.74. The highest BCUT2D eigenvalue weighted by Gasteiger charge is 2.19. The molecule has 1 atom stereocenters. The van der Waals surface area contributed by atoms with E-state index in [4.69, 9.17) is 0 Å². The van der Waals surface area contributed by atoms with Gasteiger partial charge in [-0.1, -0.05) is 6.07 Å². The third kappa shape index (κ3) is 2.05.